The maximum Gasteiger partial charge on any atom is 0.256 e. The van der Waals surface area contributed by atoms with Crippen molar-refractivity contribution in [1.29, 1.82) is 0 Å². The predicted octanol–water partition coefficient (Wildman–Crippen LogP) is 15.2. The molecule has 0 radical (unpaired) electrons. The van der Waals surface area contributed by atoms with E-state index >= 15 is 0 Å². The summed E-state index contributed by atoms with van der Waals surface area (Å²) in [7, 11) is 0. The molecular formula is C72H46B2N2OS. The van der Waals surface area contributed by atoms with Crippen LogP contribution >= 0.6 is 11.8 Å². The lowest BCUT2D eigenvalue weighted by Gasteiger charge is -2.43. The lowest BCUT2D eigenvalue weighted by atomic mass is 9.31. The van der Waals surface area contributed by atoms with Crippen molar-refractivity contribution in [2.75, 3.05) is 9.80 Å². The molecule has 362 valence electrons. The molecule has 6 heteroatoms. The van der Waals surface area contributed by atoms with E-state index in [4.69, 9.17) is 4.74 Å². The van der Waals surface area contributed by atoms with Gasteiger partial charge in [-0.3, -0.25) is 0 Å². The smallest absolute Gasteiger partial charge is 0.256 e. The van der Waals surface area contributed by atoms with E-state index in [2.05, 4.69) is 289 Å². The van der Waals surface area contributed by atoms with E-state index in [1.54, 1.807) is 0 Å². The van der Waals surface area contributed by atoms with Crippen LogP contribution in [0.1, 0.15) is 0 Å². The molecule has 4 heterocycles. The molecule has 0 atom stereocenters. The van der Waals surface area contributed by atoms with Crippen LogP contribution < -0.4 is 47.3 Å². The first-order valence-corrected chi connectivity index (χ1v) is 27.7. The van der Waals surface area contributed by atoms with Crippen molar-refractivity contribution < 1.29 is 4.74 Å². The Balaban J connectivity index is 0.940. The Morgan fingerprint density at radius 2 is 0.718 bits per heavy atom. The van der Waals surface area contributed by atoms with E-state index < -0.39 is 0 Å². The fraction of sp³-hybridized carbons (Fsp3) is 0. The first-order chi connectivity index (χ1) is 38.7. The van der Waals surface area contributed by atoms with E-state index in [1.165, 1.54) is 76.2 Å². The molecule has 16 rings (SSSR count). The van der Waals surface area contributed by atoms with Gasteiger partial charge in [-0.1, -0.05) is 248 Å². The van der Waals surface area contributed by atoms with Crippen LogP contribution in [0.25, 0.3) is 55.6 Å². The minimum Gasteiger partial charge on any atom is -0.458 e. The van der Waals surface area contributed by atoms with Crippen LogP contribution in [-0.2, 0) is 0 Å². The third-order valence-corrected chi connectivity index (χ3v) is 17.5. The normalized spacial score (nSPS) is 13.1. The summed E-state index contributed by atoms with van der Waals surface area (Å²) in [5.74, 6) is 1.78. The SMILES string of the molecule is c1ccc(-c2cc3c4c(c2)N(c2c(-c5ccccc5)cccc2-c2ccccc2)c2ccccc2B4c2cc4c(cc2O3)Sc2cc(-c3ccccc3)cc3c2B4c2ccccc2N3c2ccccc2-c2ccccc2)cc1. The van der Waals surface area contributed by atoms with Crippen LogP contribution in [0, 0.1) is 0 Å². The van der Waals surface area contributed by atoms with Crippen molar-refractivity contribution in [3.05, 3.63) is 279 Å². The van der Waals surface area contributed by atoms with E-state index in [1.807, 2.05) is 11.8 Å². The topological polar surface area (TPSA) is 15.7 Å². The first kappa shape index (κ1) is 44.8. The Bertz CT molecular complexity index is 4290. The van der Waals surface area contributed by atoms with Crippen molar-refractivity contribution in [1.82, 2.24) is 0 Å². The zero-order valence-electron chi connectivity index (χ0n) is 42.4. The molecular weight excluding hydrogens is 962 g/mol. The summed E-state index contributed by atoms with van der Waals surface area (Å²) in [6, 6.07) is 103. The number of para-hydroxylation sites is 4. The highest BCUT2D eigenvalue weighted by Gasteiger charge is 2.47. The summed E-state index contributed by atoms with van der Waals surface area (Å²) >= 11 is 1.88. The minimum atomic E-state index is -0.121. The van der Waals surface area contributed by atoms with Crippen molar-refractivity contribution in [2.24, 2.45) is 0 Å². The molecule has 0 aromatic heterocycles. The quantitative estimate of drug-likeness (QED) is 0.148. The maximum atomic E-state index is 7.52. The van der Waals surface area contributed by atoms with Crippen molar-refractivity contribution in [3.63, 3.8) is 0 Å². The third kappa shape index (κ3) is 7.03. The van der Waals surface area contributed by atoms with Crippen molar-refractivity contribution in [3.8, 4) is 67.1 Å². The number of ether oxygens (including phenoxy) is 1. The van der Waals surface area contributed by atoms with Gasteiger partial charge in [0.25, 0.3) is 6.71 Å². The number of hydrogen-bond donors (Lipinski definition) is 0. The van der Waals surface area contributed by atoms with Gasteiger partial charge in [-0.15, -0.1) is 0 Å². The van der Waals surface area contributed by atoms with Crippen molar-refractivity contribution >= 4 is 92.1 Å². The van der Waals surface area contributed by atoms with Crippen LogP contribution in [0.3, 0.4) is 0 Å². The summed E-state index contributed by atoms with van der Waals surface area (Å²) in [4.78, 5) is 7.57. The lowest BCUT2D eigenvalue weighted by Crippen LogP contribution is -2.63. The van der Waals surface area contributed by atoms with Gasteiger partial charge in [0.1, 0.15) is 11.5 Å². The largest absolute Gasteiger partial charge is 0.458 e. The second kappa shape index (κ2) is 18.1. The average molecular weight is 1010 g/mol. The monoisotopic (exact) mass is 1010 g/mol. The summed E-state index contributed by atoms with van der Waals surface area (Å²) in [5.41, 5.74) is 26.1. The fourth-order valence-corrected chi connectivity index (χ4v) is 14.2. The van der Waals surface area contributed by atoms with E-state index in [0.29, 0.717) is 0 Å². The highest BCUT2D eigenvalue weighted by Crippen LogP contribution is 2.51. The molecule has 0 saturated carbocycles. The van der Waals surface area contributed by atoms with E-state index in [9.17, 15) is 0 Å². The highest BCUT2D eigenvalue weighted by molar-refractivity contribution is 8.00. The molecule has 0 aliphatic carbocycles. The molecule has 3 nitrogen and oxygen atoms in total. The Labute approximate surface area is 459 Å². The van der Waals surface area contributed by atoms with E-state index in [-0.39, 0.29) is 13.4 Å². The molecule has 4 aliphatic heterocycles. The van der Waals surface area contributed by atoms with Gasteiger partial charge in [0.15, 0.2) is 0 Å². The Kier molecular flexibility index (Phi) is 10.4. The molecule has 78 heavy (non-hydrogen) atoms. The number of rotatable bonds is 7. The lowest BCUT2D eigenvalue weighted by molar-refractivity contribution is 0.486. The first-order valence-electron chi connectivity index (χ1n) is 26.9. The predicted molar refractivity (Wildman–Crippen MR) is 329 cm³/mol. The molecule has 0 bridgehead atoms. The Morgan fingerprint density at radius 1 is 0.269 bits per heavy atom. The Hall–Kier alpha value is -9.48. The van der Waals surface area contributed by atoms with Gasteiger partial charge in [-0.05, 0) is 115 Å². The van der Waals surface area contributed by atoms with Gasteiger partial charge < -0.3 is 14.5 Å². The van der Waals surface area contributed by atoms with Crippen molar-refractivity contribution in [2.45, 2.75) is 9.79 Å². The maximum absolute atomic E-state index is 7.52. The average Bonchev–Trinajstić information content (AvgIpc) is 3.64. The highest BCUT2D eigenvalue weighted by atomic mass is 32.2. The van der Waals surface area contributed by atoms with Crippen LogP contribution in [0.15, 0.2) is 289 Å². The van der Waals surface area contributed by atoms with E-state index in [0.717, 1.165) is 67.6 Å². The number of anilines is 6. The number of hydrogen-bond acceptors (Lipinski definition) is 4. The summed E-state index contributed by atoms with van der Waals surface area (Å²) in [6.45, 7) is -0.162. The van der Waals surface area contributed by atoms with Gasteiger partial charge in [-0.25, -0.2) is 0 Å². The Morgan fingerprint density at radius 3 is 1.31 bits per heavy atom. The van der Waals surface area contributed by atoms with Gasteiger partial charge in [0.05, 0.1) is 11.4 Å². The van der Waals surface area contributed by atoms with Gasteiger partial charge >= 0.3 is 0 Å². The van der Waals surface area contributed by atoms with Crippen LogP contribution in [0.5, 0.6) is 11.5 Å². The molecule has 4 aliphatic rings. The third-order valence-electron chi connectivity index (χ3n) is 16.4. The number of fused-ring (bicyclic) bond motifs is 8. The molecule has 0 N–H and O–H groups in total. The summed E-state index contributed by atoms with van der Waals surface area (Å²) in [5, 5.41) is 0. The molecule has 0 fully saturated rings. The number of nitrogens with zero attached hydrogens (tertiary/aromatic N) is 2. The molecule has 12 aromatic rings. The van der Waals surface area contributed by atoms with Gasteiger partial charge in [0.2, 0.25) is 6.71 Å². The second-order valence-electron chi connectivity index (χ2n) is 20.6. The van der Waals surface area contributed by atoms with Crippen LogP contribution in [-0.4, -0.2) is 13.4 Å². The van der Waals surface area contributed by atoms with Gasteiger partial charge in [0, 0.05) is 49.2 Å². The molecule has 0 unspecified atom stereocenters. The fourth-order valence-electron chi connectivity index (χ4n) is 13.0. The van der Waals surface area contributed by atoms with Crippen LogP contribution in [0.4, 0.5) is 34.1 Å². The summed E-state index contributed by atoms with van der Waals surface area (Å²) < 4.78 is 7.52. The molecule has 0 spiro atoms. The minimum absolute atomic E-state index is 0.0412. The molecule has 0 amide bonds. The standard InChI is InChI=1S/C72H46B2N2OS/c1-6-23-47(24-7-1)52-41-64-70-67(43-52)77-66-46-68-60(45-59(66)73(70)58-37-18-21-40-63(58)76(64)72-55(50-29-12-4-13-30-50)34-22-35-56(72)51-31-14-5-15-32-51)74-57-36-17-20-39-62(57)75(61-38-19-16-33-54(61)49-27-10-3-11-28-49)65-42-53(44-69(78-68)71(65)74)48-25-8-2-9-26-48/h1-46H. The number of benzene rings is 12. The van der Waals surface area contributed by atoms with Gasteiger partial charge in [-0.2, -0.15) is 0 Å². The molecule has 12 aromatic carbocycles. The second-order valence-corrected chi connectivity index (χ2v) is 21.7. The zero-order valence-corrected chi connectivity index (χ0v) is 43.2. The zero-order chi connectivity index (χ0) is 51.3. The summed E-state index contributed by atoms with van der Waals surface area (Å²) in [6.07, 6.45) is 0. The van der Waals surface area contributed by atoms with Crippen LogP contribution in [0.2, 0.25) is 0 Å². The molecule has 0 saturated heterocycles.